The van der Waals surface area contributed by atoms with Crippen LogP contribution < -0.4 is 9.64 Å². The number of piperidine rings is 1. The van der Waals surface area contributed by atoms with Crippen LogP contribution in [0.15, 0.2) is 18.3 Å². The highest BCUT2D eigenvalue weighted by atomic mass is 35.5. The molecule has 2 aromatic heterocycles. The van der Waals surface area contributed by atoms with E-state index >= 15 is 0 Å². The molecule has 0 unspecified atom stereocenters. The Morgan fingerprint density at radius 3 is 2.45 bits per heavy atom. The molecule has 2 aromatic rings. The van der Waals surface area contributed by atoms with Crippen molar-refractivity contribution in [2.75, 3.05) is 25.1 Å². The fraction of sp³-hybridized carbons (Fsp3) is 0.619. The van der Waals surface area contributed by atoms with Gasteiger partial charge in [-0.25, -0.2) is 9.31 Å². The van der Waals surface area contributed by atoms with Gasteiger partial charge in [-0.15, -0.1) is 5.10 Å². The Morgan fingerprint density at radius 2 is 1.86 bits per heavy atom. The Kier molecular flexibility index (Phi) is 5.27. The molecule has 0 atom stereocenters. The number of nitrogens with zero attached hydrogens (tertiary/aromatic N) is 4. The fourth-order valence-electron chi connectivity index (χ4n) is 4.06. The first kappa shape index (κ1) is 20.1. The smallest absolute Gasteiger partial charge is 0.410 e. The summed E-state index contributed by atoms with van der Waals surface area (Å²) in [7, 11) is 1.57. The summed E-state index contributed by atoms with van der Waals surface area (Å²) in [4.78, 5) is 17.1. The van der Waals surface area contributed by atoms with Crippen LogP contribution in [0.2, 0.25) is 5.02 Å². The third-order valence-electron chi connectivity index (χ3n) is 5.48. The van der Waals surface area contributed by atoms with E-state index in [2.05, 4.69) is 16.1 Å². The zero-order valence-corrected chi connectivity index (χ0v) is 18.3. The predicted octanol–water partition coefficient (Wildman–Crippen LogP) is 4.36. The number of ether oxygens (including phenoxy) is 2. The quantitative estimate of drug-likeness (QED) is 0.735. The van der Waals surface area contributed by atoms with Crippen LogP contribution in [0.3, 0.4) is 0 Å². The second-order valence-corrected chi connectivity index (χ2v) is 9.22. The molecule has 1 aliphatic heterocycles. The van der Waals surface area contributed by atoms with Crippen LogP contribution in [0.1, 0.15) is 46.5 Å². The van der Waals surface area contributed by atoms with Crippen molar-refractivity contribution in [3.05, 3.63) is 23.4 Å². The molecule has 4 rings (SSSR count). The molecule has 0 spiro atoms. The molecule has 0 bridgehead atoms. The lowest BCUT2D eigenvalue weighted by Crippen LogP contribution is -2.50. The first-order chi connectivity index (χ1) is 13.8. The third-order valence-corrected chi connectivity index (χ3v) is 5.82. The predicted molar refractivity (Wildman–Crippen MR) is 113 cm³/mol. The van der Waals surface area contributed by atoms with Crippen molar-refractivity contribution in [1.29, 1.82) is 0 Å². The summed E-state index contributed by atoms with van der Waals surface area (Å²) in [5, 5.41) is 4.91. The van der Waals surface area contributed by atoms with Gasteiger partial charge in [-0.3, -0.25) is 0 Å². The van der Waals surface area contributed by atoms with Gasteiger partial charge in [0.25, 0.3) is 5.88 Å². The van der Waals surface area contributed by atoms with E-state index in [0.717, 1.165) is 50.0 Å². The number of carbonyl (C=O) groups excluding carboxylic acids is 1. The molecule has 2 fully saturated rings. The molecule has 7 nitrogen and oxygen atoms in total. The van der Waals surface area contributed by atoms with E-state index in [0.29, 0.717) is 16.9 Å². The summed E-state index contributed by atoms with van der Waals surface area (Å²) in [6.45, 7) is 7.45. The van der Waals surface area contributed by atoms with Crippen LogP contribution in [0.4, 0.5) is 10.5 Å². The number of hydrogen-bond donors (Lipinski definition) is 0. The van der Waals surface area contributed by atoms with Gasteiger partial charge >= 0.3 is 6.09 Å². The Hall–Kier alpha value is -2.15. The first-order valence-electron chi connectivity index (χ1n) is 10.3. The van der Waals surface area contributed by atoms with Crippen molar-refractivity contribution in [3.63, 3.8) is 0 Å². The van der Waals surface area contributed by atoms with Gasteiger partial charge in [0.15, 0.2) is 0 Å². The number of rotatable bonds is 4. The first-order valence-corrected chi connectivity index (χ1v) is 10.6. The van der Waals surface area contributed by atoms with Gasteiger partial charge in [-0.1, -0.05) is 11.6 Å². The maximum absolute atomic E-state index is 12.8. The number of fused-ring (bicyclic) bond motifs is 1. The van der Waals surface area contributed by atoms with E-state index in [1.54, 1.807) is 11.6 Å². The molecule has 158 valence electrons. The lowest BCUT2D eigenvalue weighted by molar-refractivity contribution is 0.0114. The Morgan fingerprint density at radius 1 is 1.21 bits per heavy atom. The van der Waals surface area contributed by atoms with Crippen LogP contribution in [0.5, 0.6) is 5.88 Å². The number of halogens is 1. The van der Waals surface area contributed by atoms with Gasteiger partial charge in [-0.05, 0) is 58.6 Å². The number of hydrogen-bond acceptors (Lipinski definition) is 5. The van der Waals surface area contributed by atoms with E-state index in [1.165, 1.54) is 0 Å². The highest BCUT2D eigenvalue weighted by Crippen LogP contribution is 2.37. The van der Waals surface area contributed by atoms with Gasteiger partial charge in [-0.2, -0.15) is 0 Å². The topological polar surface area (TPSA) is 59.3 Å². The average molecular weight is 421 g/mol. The standard InChI is InChI=1S/C21H29ClN4O3/c1-21(2,3)29-20(27)26(14-7-8-14)15-9-12-24(13-10-15)16-6-5-11-25-18(16)17(22)19(23-25)28-4/h5-6,11,14-15H,7-10,12-13H2,1-4H3. The van der Waals surface area contributed by atoms with Crippen molar-refractivity contribution in [2.45, 2.75) is 64.1 Å². The van der Waals surface area contributed by atoms with Crippen LogP contribution in [0.25, 0.3) is 5.52 Å². The molecule has 0 N–H and O–H groups in total. The molecular formula is C21H29ClN4O3. The molecule has 29 heavy (non-hydrogen) atoms. The molecular weight excluding hydrogens is 392 g/mol. The second-order valence-electron chi connectivity index (χ2n) is 8.85. The van der Waals surface area contributed by atoms with Gasteiger partial charge in [0.05, 0.1) is 12.8 Å². The highest BCUT2D eigenvalue weighted by Gasteiger charge is 2.40. The third kappa shape index (κ3) is 4.10. The van der Waals surface area contributed by atoms with Crippen LogP contribution in [-0.4, -0.2) is 58.5 Å². The normalized spacial score (nSPS) is 18.2. The maximum atomic E-state index is 12.8. The van der Waals surface area contributed by atoms with Gasteiger partial charge in [0.1, 0.15) is 16.1 Å². The van der Waals surface area contributed by atoms with Crippen LogP contribution in [0, 0.1) is 0 Å². The van der Waals surface area contributed by atoms with Crippen molar-refractivity contribution < 1.29 is 14.3 Å². The van der Waals surface area contributed by atoms with Gasteiger partial charge < -0.3 is 19.3 Å². The summed E-state index contributed by atoms with van der Waals surface area (Å²) in [5.74, 6) is 0.429. The van der Waals surface area contributed by atoms with Crippen molar-refractivity contribution in [2.24, 2.45) is 0 Å². The molecule has 3 heterocycles. The van der Waals surface area contributed by atoms with Gasteiger partial charge in [0.2, 0.25) is 0 Å². The van der Waals surface area contributed by atoms with Crippen molar-refractivity contribution in [3.8, 4) is 5.88 Å². The molecule has 1 aliphatic carbocycles. The summed E-state index contributed by atoms with van der Waals surface area (Å²) in [6, 6.07) is 4.57. The molecule has 0 radical (unpaired) electrons. The monoisotopic (exact) mass is 420 g/mol. The fourth-order valence-corrected chi connectivity index (χ4v) is 4.36. The van der Waals surface area contributed by atoms with Crippen molar-refractivity contribution in [1.82, 2.24) is 14.5 Å². The Labute approximate surface area is 176 Å². The van der Waals surface area contributed by atoms with Crippen LogP contribution >= 0.6 is 11.6 Å². The number of carbonyl (C=O) groups is 1. The largest absolute Gasteiger partial charge is 0.479 e. The minimum absolute atomic E-state index is 0.177. The molecule has 2 aliphatic rings. The maximum Gasteiger partial charge on any atom is 0.410 e. The Bertz CT molecular complexity index is 895. The zero-order chi connectivity index (χ0) is 20.8. The van der Waals surface area contributed by atoms with Crippen molar-refractivity contribution >= 4 is 28.9 Å². The number of methoxy groups -OCH3 is 1. The zero-order valence-electron chi connectivity index (χ0n) is 17.5. The van der Waals surface area contributed by atoms with Crippen LogP contribution in [-0.2, 0) is 4.74 Å². The number of amides is 1. The molecule has 1 saturated heterocycles. The molecule has 8 heteroatoms. The van der Waals surface area contributed by atoms with Gasteiger partial charge in [0, 0.05) is 31.4 Å². The number of aromatic nitrogens is 2. The minimum Gasteiger partial charge on any atom is -0.479 e. The lowest BCUT2D eigenvalue weighted by atomic mass is 10.0. The molecule has 1 saturated carbocycles. The Balaban J connectivity index is 1.50. The van der Waals surface area contributed by atoms with E-state index < -0.39 is 5.60 Å². The van der Waals surface area contributed by atoms with E-state index in [-0.39, 0.29) is 12.1 Å². The lowest BCUT2D eigenvalue weighted by Gasteiger charge is -2.40. The summed E-state index contributed by atoms with van der Waals surface area (Å²) in [5.41, 5.74) is 1.43. The summed E-state index contributed by atoms with van der Waals surface area (Å²) in [6.07, 6.45) is 5.65. The number of anilines is 1. The summed E-state index contributed by atoms with van der Waals surface area (Å²) >= 11 is 6.51. The van der Waals surface area contributed by atoms with E-state index in [9.17, 15) is 4.79 Å². The summed E-state index contributed by atoms with van der Waals surface area (Å²) < 4.78 is 12.7. The average Bonchev–Trinajstić information content (AvgIpc) is 3.44. The SMILES string of the molecule is COc1nn2cccc(N3CCC(N(C(=O)OC(C)(C)C)C4CC4)CC3)c2c1Cl. The molecule has 1 amide bonds. The highest BCUT2D eigenvalue weighted by molar-refractivity contribution is 6.36. The molecule has 0 aromatic carbocycles. The van der Waals surface area contributed by atoms with E-state index in [4.69, 9.17) is 21.1 Å². The number of pyridine rings is 1. The minimum atomic E-state index is -0.474. The van der Waals surface area contributed by atoms with E-state index in [1.807, 2.05) is 37.9 Å². The second kappa shape index (κ2) is 7.59.